The Labute approximate surface area is 234 Å². The summed E-state index contributed by atoms with van der Waals surface area (Å²) in [6.07, 6.45) is 0.923. The topological polar surface area (TPSA) is 122 Å². The highest BCUT2D eigenvalue weighted by molar-refractivity contribution is 6.21. The number of ether oxygens (including phenoxy) is 4. The number of benzene rings is 1. The van der Waals surface area contributed by atoms with Crippen molar-refractivity contribution in [1.29, 1.82) is 0 Å². The van der Waals surface area contributed by atoms with Crippen LogP contribution < -0.4 is 15.4 Å². The third kappa shape index (κ3) is 9.09. The van der Waals surface area contributed by atoms with Crippen molar-refractivity contribution in [3.8, 4) is 17.1 Å². The highest BCUT2D eigenvalue weighted by Crippen LogP contribution is 2.37. The van der Waals surface area contributed by atoms with Gasteiger partial charge in [0, 0.05) is 20.7 Å². The summed E-state index contributed by atoms with van der Waals surface area (Å²) >= 11 is 6.48. The molecule has 0 radical (unpaired) electrons. The van der Waals surface area contributed by atoms with Gasteiger partial charge in [0.1, 0.15) is 17.7 Å². The fraction of sp³-hybridized carbons (Fsp3) is 0.481. The average Bonchev–Trinajstić information content (AvgIpc) is 3.31. The molecule has 0 saturated heterocycles. The monoisotopic (exact) mass is 560 g/mol. The van der Waals surface area contributed by atoms with Gasteiger partial charge in [0.05, 0.1) is 48.7 Å². The molecule has 212 valence electrons. The molecule has 12 heteroatoms. The summed E-state index contributed by atoms with van der Waals surface area (Å²) in [6.45, 7) is 8.27. The van der Waals surface area contributed by atoms with Crippen molar-refractivity contribution in [3.05, 3.63) is 47.9 Å². The quantitative estimate of drug-likeness (QED) is 0.294. The lowest BCUT2D eigenvalue weighted by Crippen LogP contribution is -2.27. The molecule has 0 saturated carbocycles. The number of methoxy groups -OCH3 is 2. The Morgan fingerprint density at radius 2 is 1.95 bits per heavy atom. The predicted molar refractivity (Wildman–Crippen MR) is 150 cm³/mol. The first-order chi connectivity index (χ1) is 18.5. The van der Waals surface area contributed by atoms with Crippen LogP contribution in [0.25, 0.3) is 11.4 Å². The van der Waals surface area contributed by atoms with Crippen molar-refractivity contribution < 1.29 is 23.7 Å². The highest BCUT2D eigenvalue weighted by Gasteiger charge is 2.20. The largest absolute Gasteiger partial charge is 0.494 e. The number of rotatable bonds is 12. The molecule has 0 spiro atoms. The molecule has 2 N–H and O–H groups in total. The van der Waals surface area contributed by atoms with E-state index in [1.165, 1.54) is 0 Å². The normalized spacial score (nSPS) is 13.0. The zero-order valence-electron chi connectivity index (χ0n) is 23.4. The van der Waals surface area contributed by atoms with Crippen LogP contribution >= 0.6 is 11.6 Å². The Hall–Kier alpha value is -3.41. The molecule has 3 rings (SSSR count). The van der Waals surface area contributed by atoms with Gasteiger partial charge >= 0.3 is 6.09 Å². The van der Waals surface area contributed by atoms with Gasteiger partial charge < -0.3 is 24.3 Å². The summed E-state index contributed by atoms with van der Waals surface area (Å²) in [5, 5.41) is 10.2. The van der Waals surface area contributed by atoms with Crippen LogP contribution in [-0.2, 0) is 34.5 Å². The van der Waals surface area contributed by atoms with Crippen LogP contribution in [0.15, 0.2) is 36.7 Å². The summed E-state index contributed by atoms with van der Waals surface area (Å²) < 4.78 is 24.0. The van der Waals surface area contributed by atoms with E-state index in [1.807, 2.05) is 25.1 Å². The molecule has 11 nitrogen and oxygen atoms in total. The Morgan fingerprint density at radius 1 is 1.18 bits per heavy atom. The molecule has 1 unspecified atom stereocenters. The molecule has 2 heterocycles. The zero-order valence-corrected chi connectivity index (χ0v) is 24.2. The maximum Gasteiger partial charge on any atom is 0.413 e. The lowest BCUT2D eigenvalue weighted by atomic mass is 10.1. The minimum atomic E-state index is -0.604. The second-order valence-corrected chi connectivity index (χ2v) is 10.5. The molecule has 39 heavy (non-hydrogen) atoms. The van der Waals surface area contributed by atoms with E-state index in [4.69, 9.17) is 30.5 Å². The van der Waals surface area contributed by atoms with Gasteiger partial charge in [-0.05, 0) is 57.5 Å². The van der Waals surface area contributed by atoms with Gasteiger partial charge in [0.25, 0.3) is 0 Å². The number of alkyl halides is 1. The fourth-order valence-corrected chi connectivity index (χ4v) is 3.76. The Bertz CT molecular complexity index is 1250. The second-order valence-electron chi connectivity index (χ2n) is 9.94. The molecule has 3 aromatic rings. The van der Waals surface area contributed by atoms with Crippen LogP contribution in [0.4, 0.5) is 16.3 Å². The first-order valence-corrected chi connectivity index (χ1v) is 12.9. The van der Waals surface area contributed by atoms with E-state index in [-0.39, 0.29) is 24.7 Å². The molecule has 2 aromatic heterocycles. The summed E-state index contributed by atoms with van der Waals surface area (Å²) in [7, 11) is 5.03. The molecule has 1 aromatic carbocycles. The number of carbonyl (C=O) groups excluding carboxylic acids is 1. The third-order valence-electron chi connectivity index (χ3n) is 5.52. The fourth-order valence-electron chi connectivity index (χ4n) is 3.58. The van der Waals surface area contributed by atoms with Crippen molar-refractivity contribution in [2.24, 2.45) is 7.05 Å². The number of nitrogens with one attached hydrogen (secondary N) is 2. The first kappa shape index (κ1) is 30.1. The van der Waals surface area contributed by atoms with E-state index in [0.717, 1.165) is 11.3 Å². The number of aromatic nitrogens is 4. The number of pyridine rings is 1. The van der Waals surface area contributed by atoms with Crippen LogP contribution in [0.5, 0.6) is 5.75 Å². The Balaban J connectivity index is 1.75. The van der Waals surface area contributed by atoms with Crippen LogP contribution in [0.2, 0.25) is 0 Å². The van der Waals surface area contributed by atoms with E-state index in [9.17, 15) is 4.79 Å². The van der Waals surface area contributed by atoms with Crippen molar-refractivity contribution in [1.82, 2.24) is 19.7 Å². The van der Waals surface area contributed by atoms with Crippen molar-refractivity contribution in [3.63, 3.8) is 0 Å². The number of anilines is 2. The number of hydrogen-bond donors (Lipinski definition) is 2. The van der Waals surface area contributed by atoms with Crippen molar-refractivity contribution >= 4 is 29.2 Å². The van der Waals surface area contributed by atoms with Gasteiger partial charge in [-0.25, -0.2) is 14.8 Å². The number of halogens is 1. The van der Waals surface area contributed by atoms with Gasteiger partial charge in [0.15, 0.2) is 11.6 Å². The molecule has 0 aliphatic carbocycles. The van der Waals surface area contributed by atoms with E-state index < -0.39 is 11.7 Å². The molecule has 0 bridgehead atoms. The van der Waals surface area contributed by atoms with Gasteiger partial charge in [-0.1, -0.05) is 6.07 Å². The molecule has 0 aliphatic heterocycles. The molecular weight excluding hydrogens is 524 g/mol. The summed E-state index contributed by atoms with van der Waals surface area (Å²) in [4.78, 5) is 20.9. The van der Waals surface area contributed by atoms with Gasteiger partial charge in [0.2, 0.25) is 0 Å². The van der Waals surface area contributed by atoms with Crippen LogP contribution in [-0.4, -0.2) is 63.7 Å². The van der Waals surface area contributed by atoms with Crippen LogP contribution in [0, 0.1) is 0 Å². The SMILES string of the molecule is COc1c(NC[C@H](Cl)C(C)OC)cc(COCc2cccc(NC(=O)OC(C)(C)C)n2)cc1-c1ncn(C)n1. The number of nitrogens with zero attached hydrogens (tertiary/aromatic N) is 4. The standard InChI is InChI=1S/C27H37ClN6O5/c1-17(36-6)21(28)13-29-22-12-18(11-20(24(22)37-7)25-30-16-34(5)33-25)14-38-15-19-9-8-10-23(31-19)32-26(35)39-27(2,3)4/h8-12,16-17,21,29H,13-15H2,1-7H3,(H,31,32,35)/t17?,21-/m0/s1. The van der Waals surface area contributed by atoms with E-state index >= 15 is 0 Å². The third-order valence-corrected chi connectivity index (χ3v) is 6.03. The van der Waals surface area contributed by atoms with Gasteiger partial charge in [-0.15, -0.1) is 11.6 Å². The molecule has 2 atom stereocenters. The highest BCUT2D eigenvalue weighted by atomic mass is 35.5. The van der Waals surface area contributed by atoms with Gasteiger partial charge in [-0.3, -0.25) is 10.00 Å². The molecule has 1 amide bonds. The van der Waals surface area contributed by atoms with Crippen molar-refractivity contribution in [2.45, 2.75) is 58.0 Å². The smallest absolute Gasteiger partial charge is 0.413 e. The number of hydrogen-bond acceptors (Lipinski definition) is 9. The number of aryl methyl sites for hydroxylation is 1. The Morgan fingerprint density at radius 3 is 2.59 bits per heavy atom. The maximum absolute atomic E-state index is 12.1. The minimum absolute atomic E-state index is 0.137. The first-order valence-electron chi connectivity index (χ1n) is 12.5. The number of amides is 1. The maximum atomic E-state index is 12.1. The lowest BCUT2D eigenvalue weighted by molar-refractivity contribution is 0.0635. The number of carbonyl (C=O) groups is 1. The van der Waals surface area contributed by atoms with E-state index in [0.29, 0.717) is 35.2 Å². The molecule has 0 fully saturated rings. The minimum Gasteiger partial charge on any atom is -0.494 e. The van der Waals surface area contributed by atoms with Crippen LogP contribution in [0.1, 0.15) is 39.0 Å². The molecule has 0 aliphatic rings. The van der Waals surface area contributed by atoms with Crippen LogP contribution in [0.3, 0.4) is 0 Å². The van der Waals surface area contributed by atoms with Gasteiger partial charge in [-0.2, -0.15) is 5.10 Å². The summed E-state index contributed by atoms with van der Waals surface area (Å²) in [6, 6.07) is 9.18. The average molecular weight is 561 g/mol. The molecular formula is C27H37ClN6O5. The zero-order chi connectivity index (χ0) is 28.6. The predicted octanol–water partition coefficient (Wildman–Crippen LogP) is 5.00. The second kappa shape index (κ2) is 13.6. The van der Waals surface area contributed by atoms with E-state index in [1.54, 1.807) is 65.2 Å². The summed E-state index contributed by atoms with van der Waals surface area (Å²) in [5.41, 5.74) is 2.37. The van der Waals surface area contributed by atoms with E-state index in [2.05, 4.69) is 25.7 Å². The Kier molecular flexibility index (Phi) is 10.5. The lowest BCUT2D eigenvalue weighted by Gasteiger charge is -2.20. The summed E-state index contributed by atoms with van der Waals surface area (Å²) in [5.74, 6) is 1.50. The van der Waals surface area contributed by atoms with Crippen molar-refractivity contribution in [2.75, 3.05) is 31.4 Å².